The molecule has 4 aliphatic rings. The fourth-order valence-corrected chi connectivity index (χ4v) is 14.3. The van der Waals surface area contributed by atoms with Gasteiger partial charge < -0.3 is 38.2 Å². The van der Waals surface area contributed by atoms with Gasteiger partial charge in [-0.3, -0.25) is 19.3 Å². The van der Waals surface area contributed by atoms with Crippen LogP contribution < -0.4 is 18.9 Å². The SMILES string of the molecule is COc1ccc(Cn2nc(-c3ccc(C4CCN(C(=O)OC(C)(C)C)CC4)nc3)c3nc(-c4cccc5c4CCC5C#N)c(OC)cc32)cc1.COc1ccc(Cn2nc(-c3ccc(C4CCN(C(=O)OC(C)(C)C)CC4)nc3)c3nc(-c4cccc5c4CCC5C#N)c(OC)cc32)cc1. The Kier molecular flexibility index (Phi) is 19.3. The first-order valence-corrected chi connectivity index (χ1v) is 34.4. The van der Waals surface area contributed by atoms with Crippen molar-refractivity contribution in [3.8, 4) is 80.2 Å². The standard InChI is InChI=1S/2C40H42N6O4/c2*1-40(2,3)50-39(47)45-19-17-26(18-20-45)33-16-12-28(23-42-33)36-38-34(46(44-36)24-25-9-13-29(48-4)14-10-25)21-35(49-5)37(43-38)32-8-6-7-30-27(22-41)11-15-31(30)32/h2*6-10,12-14,16,21,23,26-27H,11,15,17-20,24H2,1-5H3. The first-order valence-electron chi connectivity index (χ1n) is 34.4. The fraction of sp³-hybridized carbons (Fsp3) is 0.375. The molecule has 2 fully saturated rings. The number of fused-ring (bicyclic) bond motifs is 4. The molecule has 0 N–H and O–H groups in total. The van der Waals surface area contributed by atoms with E-state index in [0.717, 1.165) is 175 Å². The molecule has 6 aromatic heterocycles. The van der Waals surface area contributed by atoms with Crippen molar-refractivity contribution >= 4 is 34.3 Å². The molecule has 20 nitrogen and oxygen atoms in total. The summed E-state index contributed by atoms with van der Waals surface area (Å²) in [4.78, 5) is 49.2. The third-order valence-electron chi connectivity index (χ3n) is 19.4. The van der Waals surface area contributed by atoms with Crippen molar-refractivity contribution in [2.24, 2.45) is 0 Å². The maximum Gasteiger partial charge on any atom is 0.410 e. The smallest absolute Gasteiger partial charge is 0.410 e. The predicted molar refractivity (Wildman–Crippen MR) is 383 cm³/mol. The molecule has 2 unspecified atom stereocenters. The third kappa shape index (κ3) is 14.2. The van der Waals surface area contributed by atoms with Crippen LogP contribution in [-0.4, -0.2) is 127 Å². The second-order valence-electron chi connectivity index (χ2n) is 28.1. The molecule has 2 amide bonds. The Labute approximate surface area is 583 Å². The lowest BCUT2D eigenvalue weighted by Crippen LogP contribution is -2.41. The molecule has 100 heavy (non-hydrogen) atoms. The summed E-state index contributed by atoms with van der Waals surface area (Å²) in [5, 5.41) is 29.8. The molecule has 2 aliphatic heterocycles. The van der Waals surface area contributed by atoms with Crippen LogP contribution in [0.2, 0.25) is 0 Å². The molecule has 8 heterocycles. The molecule has 4 aromatic carbocycles. The Hall–Kier alpha value is -10.9. The van der Waals surface area contributed by atoms with Crippen LogP contribution in [0.4, 0.5) is 9.59 Å². The predicted octanol–water partition coefficient (Wildman–Crippen LogP) is 15.8. The first-order chi connectivity index (χ1) is 48.3. The van der Waals surface area contributed by atoms with E-state index < -0.39 is 11.2 Å². The maximum absolute atomic E-state index is 12.6. The van der Waals surface area contributed by atoms with Gasteiger partial charge in [-0.05, 0) is 175 Å². The number of hydrogen-bond donors (Lipinski definition) is 0. The van der Waals surface area contributed by atoms with Gasteiger partial charge in [0.2, 0.25) is 0 Å². The molecule has 2 saturated heterocycles. The highest BCUT2D eigenvalue weighted by Crippen LogP contribution is 2.45. The van der Waals surface area contributed by atoms with E-state index in [9.17, 15) is 20.1 Å². The van der Waals surface area contributed by atoms with Crippen molar-refractivity contribution in [3.63, 3.8) is 0 Å². The molecular formula is C80H84N12O8. The highest BCUT2D eigenvalue weighted by atomic mass is 16.6. The quantitative estimate of drug-likeness (QED) is 0.0985. The molecule has 0 saturated carbocycles. The van der Waals surface area contributed by atoms with Gasteiger partial charge in [-0.2, -0.15) is 20.7 Å². The number of pyridine rings is 4. The van der Waals surface area contributed by atoms with Crippen LogP contribution in [0, 0.1) is 22.7 Å². The van der Waals surface area contributed by atoms with E-state index in [1.54, 1.807) is 38.2 Å². The van der Waals surface area contributed by atoms with Gasteiger partial charge in [-0.25, -0.2) is 19.6 Å². The van der Waals surface area contributed by atoms with Crippen molar-refractivity contribution < 1.29 is 38.0 Å². The minimum Gasteiger partial charge on any atom is -0.497 e. The van der Waals surface area contributed by atoms with Gasteiger partial charge in [-0.15, -0.1) is 0 Å². The number of methoxy groups -OCH3 is 4. The van der Waals surface area contributed by atoms with Crippen LogP contribution in [0.5, 0.6) is 23.0 Å². The topological polar surface area (TPSA) is 231 Å². The summed E-state index contributed by atoms with van der Waals surface area (Å²) in [6, 6.07) is 45.5. The minimum absolute atomic E-state index is 0.114. The number of hydrogen-bond acceptors (Lipinski definition) is 16. The summed E-state index contributed by atoms with van der Waals surface area (Å²) < 4.78 is 37.8. The van der Waals surface area contributed by atoms with E-state index in [1.807, 2.05) is 136 Å². The number of carbonyl (C=O) groups excluding carboxylic acids is 2. The number of piperidine rings is 2. The summed E-state index contributed by atoms with van der Waals surface area (Å²) in [7, 11) is 6.65. The van der Waals surface area contributed by atoms with Crippen LogP contribution in [0.15, 0.2) is 134 Å². The number of amides is 2. The molecular weight excluding hydrogens is 1260 g/mol. The Morgan fingerprint density at radius 3 is 1.21 bits per heavy atom. The number of ether oxygens (including phenoxy) is 6. The normalized spacial score (nSPS) is 16.2. The average Bonchev–Trinajstić information content (AvgIpc) is 1.57. The van der Waals surface area contributed by atoms with E-state index in [2.05, 4.69) is 60.7 Å². The van der Waals surface area contributed by atoms with Crippen LogP contribution in [0.3, 0.4) is 0 Å². The highest BCUT2D eigenvalue weighted by molar-refractivity contribution is 5.95. The lowest BCUT2D eigenvalue weighted by Gasteiger charge is -2.33. The first kappa shape index (κ1) is 67.7. The van der Waals surface area contributed by atoms with E-state index in [1.165, 1.54) is 0 Å². The number of rotatable bonds is 14. The Balaban J connectivity index is 0.000000179. The zero-order valence-corrected chi connectivity index (χ0v) is 58.5. The molecule has 10 aromatic rings. The van der Waals surface area contributed by atoms with E-state index in [-0.39, 0.29) is 35.9 Å². The summed E-state index contributed by atoms with van der Waals surface area (Å²) in [5.41, 5.74) is 17.4. The second-order valence-corrected chi connectivity index (χ2v) is 28.1. The molecule has 512 valence electrons. The summed E-state index contributed by atoms with van der Waals surface area (Å²) in [6.07, 6.45) is 9.79. The number of aromatic nitrogens is 8. The summed E-state index contributed by atoms with van der Waals surface area (Å²) in [6.45, 7) is 14.9. The number of likely N-dealkylation sites (tertiary alicyclic amines) is 2. The average molecular weight is 1340 g/mol. The molecule has 2 atom stereocenters. The van der Waals surface area contributed by atoms with Crippen molar-refractivity contribution in [2.45, 2.75) is 141 Å². The maximum atomic E-state index is 12.6. The van der Waals surface area contributed by atoms with E-state index in [4.69, 9.17) is 58.6 Å². The third-order valence-corrected chi connectivity index (χ3v) is 19.4. The number of nitrogens with zero attached hydrogens (tertiary/aromatic N) is 12. The van der Waals surface area contributed by atoms with Crippen molar-refractivity contribution in [1.82, 2.24) is 49.3 Å². The Morgan fingerprint density at radius 2 is 0.880 bits per heavy atom. The second kappa shape index (κ2) is 28.5. The molecule has 2 aliphatic carbocycles. The zero-order chi connectivity index (χ0) is 70.0. The molecule has 0 bridgehead atoms. The van der Waals surface area contributed by atoms with Crippen LogP contribution >= 0.6 is 0 Å². The number of carbonyl (C=O) groups is 2. The molecule has 0 spiro atoms. The van der Waals surface area contributed by atoms with Crippen molar-refractivity contribution in [3.05, 3.63) is 178 Å². The van der Waals surface area contributed by atoms with Gasteiger partial charge in [0.05, 0.1) is 76.5 Å². The van der Waals surface area contributed by atoms with Gasteiger partial charge in [0.25, 0.3) is 0 Å². The fourth-order valence-electron chi connectivity index (χ4n) is 14.3. The van der Waals surface area contributed by atoms with Gasteiger partial charge in [0, 0.05) is 96.2 Å². The molecule has 0 radical (unpaired) electrons. The largest absolute Gasteiger partial charge is 0.497 e. The zero-order valence-electron chi connectivity index (χ0n) is 58.5. The Bertz CT molecular complexity index is 4430. The van der Waals surface area contributed by atoms with Crippen molar-refractivity contribution in [1.29, 1.82) is 10.5 Å². The number of benzene rings is 4. The van der Waals surface area contributed by atoms with Gasteiger partial charge in [0.15, 0.2) is 0 Å². The van der Waals surface area contributed by atoms with E-state index >= 15 is 0 Å². The van der Waals surface area contributed by atoms with Gasteiger partial charge >= 0.3 is 12.2 Å². The van der Waals surface area contributed by atoms with Crippen LogP contribution in [0.25, 0.3) is 67.1 Å². The van der Waals surface area contributed by atoms with Gasteiger partial charge in [-0.1, -0.05) is 60.7 Å². The lowest BCUT2D eigenvalue weighted by molar-refractivity contribution is 0.0193. The Morgan fingerprint density at radius 1 is 0.490 bits per heavy atom. The lowest BCUT2D eigenvalue weighted by atomic mass is 9.93. The minimum atomic E-state index is -0.514. The van der Waals surface area contributed by atoms with Crippen LogP contribution in [-0.2, 0) is 35.4 Å². The summed E-state index contributed by atoms with van der Waals surface area (Å²) in [5.74, 6) is 3.16. The monoisotopic (exact) mass is 1340 g/mol. The van der Waals surface area contributed by atoms with Crippen LogP contribution in [0.1, 0.15) is 149 Å². The molecule has 14 rings (SSSR count). The molecule has 20 heteroatoms. The number of nitriles is 2. The summed E-state index contributed by atoms with van der Waals surface area (Å²) >= 11 is 0. The van der Waals surface area contributed by atoms with Gasteiger partial charge in [0.1, 0.15) is 68.0 Å². The van der Waals surface area contributed by atoms with E-state index in [0.29, 0.717) is 50.8 Å². The van der Waals surface area contributed by atoms with Crippen molar-refractivity contribution in [2.75, 3.05) is 54.6 Å². The highest BCUT2D eigenvalue weighted by Gasteiger charge is 2.33.